The number of rotatable bonds is 9. The summed E-state index contributed by atoms with van der Waals surface area (Å²) in [6.07, 6.45) is 3.67. The molecule has 0 saturated heterocycles. The van der Waals surface area contributed by atoms with Gasteiger partial charge in [-0.05, 0) is 6.07 Å². The Kier molecular flexibility index (Phi) is 8.02. The maximum Gasteiger partial charge on any atom is 0.344 e. The second kappa shape index (κ2) is 10.3. The van der Waals surface area contributed by atoms with Gasteiger partial charge in [0.05, 0.1) is 0 Å². The molecule has 4 nitrogen and oxygen atoms in total. The molecule has 2 rings (SSSR count). The molecule has 24 heavy (non-hydrogen) atoms. The minimum absolute atomic E-state index is 0.312. The fourth-order valence-corrected chi connectivity index (χ4v) is 2.76. The zero-order chi connectivity index (χ0) is 17.2. The van der Waals surface area contributed by atoms with Crippen molar-refractivity contribution in [1.29, 1.82) is 0 Å². The smallest absolute Gasteiger partial charge is 0.344 e. The molecule has 0 fully saturated rings. The van der Waals surface area contributed by atoms with Crippen LogP contribution >= 0.6 is 23.2 Å². The predicted octanol–water partition coefficient (Wildman–Crippen LogP) is 2.90. The molecule has 128 valence electrons. The Morgan fingerprint density at radius 3 is 2.38 bits per heavy atom. The third-order valence-corrected chi connectivity index (χ3v) is 3.87. The highest BCUT2D eigenvalue weighted by molar-refractivity contribution is 6.18. The van der Waals surface area contributed by atoms with Crippen LogP contribution in [0.1, 0.15) is 10.4 Å². The molecule has 0 aliphatic carbocycles. The summed E-state index contributed by atoms with van der Waals surface area (Å²) in [5.41, 5.74) is 1.50. The van der Waals surface area contributed by atoms with Crippen LogP contribution in [0.3, 0.4) is 0 Å². The standard InChI is InChI=1S/C18H21Cl2N2O2/c19-8-11-21(12-9-20)13-14-24-18(23)16-5-4-10-22(15-16)17-6-2-1-3-7-17/h1-7,10,15H,8-9,11-14H2/q+1. The molecule has 0 saturated carbocycles. The van der Waals surface area contributed by atoms with Gasteiger partial charge in [-0.15, -0.1) is 23.2 Å². The van der Waals surface area contributed by atoms with Gasteiger partial charge in [0.2, 0.25) is 5.69 Å². The average molecular weight is 368 g/mol. The van der Waals surface area contributed by atoms with Crippen molar-refractivity contribution in [2.75, 3.05) is 38.0 Å². The van der Waals surface area contributed by atoms with Gasteiger partial charge in [-0.25, -0.2) is 4.79 Å². The molecule has 0 N–H and O–H groups in total. The number of aromatic nitrogens is 1. The highest BCUT2D eigenvalue weighted by atomic mass is 35.5. The van der Waals surface area contributed by atoms with E-state index in [1.165, 1.54) is 0 Å². The van der Waals surface area contributed by atoms with Crippen molar-refractivity contribution in [3.63, 3.8) is 0 Å². The van der Waals surface area contributed by atoms with Crippen LogP contribution in [0.25, 0.3) is 5.69 Å². The summed E-state index contributed by atoms with van der Waals surface area (Å²) < 4.78 is 7.25. The van der Waals surface area contributed by atoms with E-state index in [0.717, 1.165) is 18.8 Å². The Labute approximate surface area is 152 Å². The number of ether oxygens (including phenoxy) is 1. The summed E-state index contributed by atoms with van der Waals surface area (Å²) >= 11 is 11.5. The van der Waals surface area contributed by atoms with Gasteiger partial charge in [-0.3, -0.25) is 4.90 Å². The maximum atomic E-state index is 12.2. The predicted molar refractivity (Wildman–Crippen MR) is 96.1 cm³/mol. The lowest BCUT2D eigenvalue weighted by molar-refractivity contribution is -0.595. The number of carbonyl (C=O) groups excluding carboxylic acids is 1. The molecule has 2 aromatic rings. The van der Waals surface area contributed by atoms with Gasteiger partial charge in [0.1, 0.15) is 12.2 Å². The molecule has 0 radical (unpaired) electrons. The van der Waals surface area contributed by atoms with Crippen LogP contribution in [0.15, 0.2) is 54.9 Å². The van der Waals surface area contributed by atoms with Gasteiger partial charge in [-0.1, -0.05) is 18.2 Å². The first-order valence-electron chi connectivity index (χ1n) is 7.82. The number of pyridine rings is 1. The molecular weight excluding hydrogens is 347 g/mol. The van der Waals surface area contributed by atoms with E-state index in [1.54, 1.807) is 12.3 Å². The highest BCUT2D eigenvalue weighted by Crippen LogP contribution is 2.03. The van der Waals surface area contributed by atoms with Gasteiger partial charge in [0.25, 0.3) is 0 Å². The Morgan fingerprint density at radius 2 is 1.71 bits per heavy atom. The number of hydrogen-bond donors (Lipinski definition) is 0. The highest BCUT2D eigenvalue weighted by Gasteiger charge is 2.14. The molecule has 1 aromatic carbocycles. The Balaban J connectivity index is 1.93. The van der Waals surface area contributed by atoms with Crippen LogP contribution in [0.4, 0.5) is 0 Å². The lowest BCUT2D eigenvalue weighted by atomic mass is 10.2. The Bertz CT molecular complexity index is 632. The molecule has 6 heteroatoms. The van der Waals surface area contributed by atoms with Crippen LogP contribution in [-0.4, -0.2) is 48.9 Å². The molecule has 0 aliphatic heterocycles. The van der Waals surface area contributed by atoms with E-state index >= 15 is 0 Å². The van der Waals surface area contributed by atoms with Crippen LogP contribution in [-0.2, 0) is 4.74 Å². The number of hydrogen-bond acceptors (Lipinski definition) is 3. The topological polar surface area (TPSA) is 33.4 Å². The molecular formula is C18H21Cl2N2O2+. The van der Waals surface area contributed by atoms with E-state index < -0.39 is 0 Å². The monoisotopic (exact) mass is 367 g/mol. The first-order valence-corrected chi connectivity index (χ1v) is 8.89. The van der Waals surface area contributed by atoms with Crippen molar-refractivity contribution in [1.82, 2.24) is 4.90 Å². The van der Waals surface area contributed by atoms with Gasteiger partial charge < -0.3 is 4.74 Å². The van der Waals surface area contributed by atoms with Crippen molar-refractivity contribution < 1.29 is 14.1 Å². The van der Waals surface area contributed by atoms with E-state index in [1.807, 2.05) is 47.2 Å². The summed E-state index contributed by atoms with van der Waals surface area (Å²) in [6.45, 7) is 2.39. The zero-order valence-electron chi connectivity index (χ0n) is 13.4. The minimum Gasteiger partial charge on any atom is -0.461 e. The molecule has 0 atom stereocenters. The maximum absolute atomic E-state index is 12.2. The van der Waals surface area contributed by atoms with Gasteiger partial charge in [-0.2, -0.15) is 4.57 Å². The number of nitrogens with zero attached hydrogens (tertiary/aromatic N) is 2. The van der Waals surface area contributed by atoms with Crippen molar-refractivity contribution in [3.8, 4) is 5.69 Å². The van der Waals surface area contributed by atoms with E-state index in [0.29, 0.717) is 30.5 Å². The summed E-state index contributed by atoms with van der Waals surface area (Å²) in [5.74, 6) is 0.721. The number of esters is 1. The van der Waals surface area contributed by atoms with Crippen molar-refractivity contribution in [3.05, 3.63) is 60.4 Å². The molecule has 0 aliphatic rings. The normalized spacial score (nSPS) is 10.8. The van der Waals surface area contributed by atoms with E-state index in [9.17, 15) is 4.79 Å². The van der Waals surface area contributed by atoms with Crippen molar-refractivity contribution in [2.45, 2.75) is 0 Å². The van der Waals surface area contributed by atoms with Gasteiger partial charge in [0.15, 0.2) is 12.4 Å². The summed E-state index contributed by atoms with van der Waals surface area (Å²) in [6, 6.07) is 13.4. The number of alkyl halides is 2. The van der Waals surface area contributed by atoms with Crippen LogP contribution < -0.4 is 4.57 Å². The van der Waals surface area contributed by atoms with E-state index in [4.69, 9.17) is 27.9 Å². The first kappa shape index (κ1) is 18.7. The lowest BCUT2D eigenvalue weighted by Crippen LogP contribution is -2.33. The van der Waals surface area contributed by atoms with Crippen LogP contribution in [0.5, 0.6) is 0 Å². The fraction of sp³-hybridized carbons (Fsp3) is 0.333. The largest absolute Gasteiger partial charge is 0.461 e. The average Bonchev–Trinajstić information content (AvgIpc) is 2.63. The quantitative estimate of drug-likeness (QED) is 0.388. The number of benzene rings is 1. The SMILES string of the molecule is O=C(OCCN(CCCl)CCCl)c1ccc[n+](-c2ccccc2)c1. The summed E-state index contributed by atoms with van der Waals surface area (Å²) in [5, 5.41) is 0. The van der Waals surface area contributed by atoms with Crippen molar-refractivity contribution in [2.24, 2.45) is 0 Å². The number of halogens is 2. The Morgan fingerprint density at radius 1 is 1.00 bits per heavy atom. The molecule has 1 heterocycles. The zero-order valence-corrected chi connectivity index (χ0v) is 14.9. The van der Waals surface area contributed by atoms with E-state index in [-0.39, 0.29) is 5.97 Å². The molecule has 0 bridgehead atoms. The molecule has 0 unspecified atom stereocenters. The third kappa shape index (κ3) is 5.78. The first-order chi connectivity index (χ1) is 11.7. The molecule has 0 spiro atoms. The Hall–Kier alpha value is -1.62. The summed E-state index contributed by atoms with van der Waals surface area (Å²) in [7, 11) is 0. The lowest BCUT2D eigenvalue weighted by Gasteiger charge is -2.19. The van der Waals surface area contributed by atoms with Crippen LogP contribution in [0, 0.1) is 0 Å². The number of para-hydroxylation sites is 1. The van der Waals surface area contributed by atoms with Gasteiger partial charge in [0, 0.05) is 49.6 Å². The van der Waals surface area contributed by atoms with Crippen LogP contribution in [0.2, 0.25) is 0 Å². The minimum atomic E-state index is -0.336. The van der Waals surface area contributed by atoms with Crippen molar-refractivity contribution >= 4 is 29.2 Å². The summed E-state index contributed by atoms with van der Waals surface area (Å²) in [4.78, 5) is 14.3. The third-order valence-electron chi connectivity index (χ3n) is 3.53. The van der Waals surface area contributed by atoms with Gasteiger partial charge >= 0.3 is 5.97 Å². The number of carbonyl (C=O) groups is 1. The molecule has 0 amide bonds. The van der Waals surface area contributed by atoms with E-state index in [2.05, 4.69) is 4.90 Å². The fourth-order valence-electron chi connectivity index (χ4n) is 2.28. The molecule has 1 aromatic heterocycles. The second-order valence-electron chi connectivity index (χ2n) is 5.19. The second-order valence-corrected chi connectivity index (χ2v) is 5.95.